The van der Waals surface area contributed by atoms with Gasteiger partial charge in [-0.15, -0.1) is 0 Å². The van der Waals surface area contributed by atoms with Gasteiger partial charge in [-0.05, 0) is 63.0 Å². The van der Waals surface area contributed by atoms with Gasteiger partial charge in [-0.1, -0.05) is 36.4 Å². The minimum atomic E-state index is -0.568. The quantitative estimate of drug-likeness (QED) is 0.198. The van der Waals surface area contributed by atoms with Gasteiger partial charge in [0.1, 0.15) is 36.9 Å². The predicted octanol–water partition coefficient (Wildman–Crippen LogP) is 2.34. The van der Waals surface area contributed by atoms with Crippen molar-refractivity contribution in [1.29, 1.82) is 0 Å². The van der Waals surface area contributed by atoms with Crippen molar-refractivity contribution in [3.8, 4) is 11.5 Å². The molecule has 2 saturated heterocycles. The molecule has 0 bridgehead atoms. The molecular formula is C31H46N2O8. The third-order valence-corrected chi connectivity index (χ3v) is 7.02. The van der Waals surface area contributed by atoms with Crippen molar-refractivity contribution in [2.45, 2.75) is 50.5 Å². The van der Waals surface area contributed by atoms with Crippen LogP contribution in [0.5, 0.6) is 11.5 Å². The van der Waals surface area contributed by atoms with Crippen molar-refractivity contribution in [1.82, 2.24) is 10.6 Å². The maximum absolute atomic E-state index is 10.1. The van der Waals surface area contributed by atoms with Crippen LogP contribution in [0.1, 0.15) is 25.7 Å². The summed E-state index contributed by atoms with van der Waals surface area (Å²) >= 11 is 0. The number of rotatable bonds is 18. The summed E-state index contributed by atoms with van der Waals surface area (Å²) in [5.41, 5.74) is -0.255. The number of aliphatic hydroxyl groups is 2. The number of benzene rings is 2. The Balaban J connectivity index is 0.964. The fourth-order valence-corrected chi connectivity index (χ4v) is 4.62. The molecule has 1 spiro atoms. The van der Waals surface area contributed by atoms with Gasteiger partial charge in [-0.2, -0.15) is 0 Å². The van der Waals surface area contributed by atoms with E-state index in [4.69, 9.17) is 28.4 Å². The highest BCUT2D eigenvalue weighted by Gasteiger charge is 2.41. The summed E-state index contributed by atoms with van der Waals surface area (Å²) < 4.78 is 35.1. The molecule has 10 heteroatoms. The second-order valence-electron chi connectivity index (χ2n) is 10.9. The van der Waals surface area contributed by atoms with Crippen molar-refractivity contribution in [3.05, 3.63) is 60.7 Å². The van der Waals surface area contributed by atoms with Gasteiger partial charge in [-0.3, -0.25) is 0 Å². The first-order chi connectivity index (χ1) is 20.1. The number of aliphatic hydroxyl groups excluding tert-OH is 2. The van der Waals surface area contributed by atoms with Crippen molar-refractivity contribution in [2.24, 2.45) is 5.41 Å². The monoisotopic (exact) mass is 574 g/mol. The molecule has 2 heterocycles. The van der Waals surface area contributed by atoms with Crippen LogP contribution in [-0.2, 0) is 18.9 Å². The van der Waals surface area contributed by atoms with E-state index in [-0.39, 0.29) is 31.2 Å². The Morgan fingerprint density at radius 1 is 0.659 bits per heavy atom. The van der Waals surface area contributed by atoms with Crippen molar-refractivity contribution < 1.29 is 38.6 Å². The summed E-state index contributed by atoms with van der Waals surface area (Å²) in [6.45, 7) is 5.20. The molecule has 4 rings (SSSR count). The van der Waals surface area contributed by atoms with Gasteiger partial charge < -0.3 is 49.3 Å². The van der Waals surface area contributed by atoms with E-state index in [1.807, 2.05) is 60.7 Å². The van der Waals surface area contributed by atoms with Gasteiger partial charge in [0.15, 0.2) is 12.6 Å². The van der Waals surface area contributed by atoms with Gasteiger partial charge >= 0.3 is 0 Å². The molecule has 0 amide bonds. The highest BCUT2D eigenvalue weighted by Crippen LogP contribution is 2.31. The molecule has 2 aromatic carbocycles. The first-order valence-electron chi connectivity index (χ1n) is 14.7. The van der Waals surface area contributed by atoms with E-state index in [9.17, 15) is 10.2 Å². The van der Waals surface area contributed by atoms with E-state index in [1.165, 1.54) is 0 Å². The van der Waals surface area contributed by atoms with E-state index < -0.39 is 12.2 Å². The lowest BCUT2D eigenvalue weighted by molar-refractivity contribution is -0.304. The summed E-state index contributed by atoms with van der Waals surface area (Å²) in [5, 5.41) is 26.7. The Bertz CT molecular complexity index is 857. The molecule has 0 radical (unpaired) electrons. The second-order valence-corrected chi connectivity index (χ2v) is 10.9. The Morgan fingerprint density at radius 2 is 1.05 bits per heavy atom. The van der Waals surface area contributed by atoms with Crippen molar-refractivity contribution >= 4 is 0 Å². The Kier molecular flexibility index (Phi) is 13.6. The molecule has 41 heavy (non-hydrogen) atoms. The Labute approximate surface area is 243 Å². The molecule has 228 valence electrons. The molecule has 10 nitrogen and oxygen atoms in total. The van der Waals surface area contributed by atoms with Crippen LogP contribution in [0.3, 0.4) is 0 Å². The van der Waals surface area contributed by atoms with Gasteiger partial charge in [0.25, 0.3) is 0 Å². The average Bonchev–Trinajstić information content (AvgIpc) is 3.01. The van der Waals surface area contributed by atoms with Gasteiger partial charge in [0, 0.05) is 13.1 Å². The molecule has 2 atom stereocenters. The van der Waals surface area contributed by atoms with Crippen molar-refractivity contribution in [2.75, 3.05) is 65.8 Å². The minimum Gasteiger partial charge on any atom is -0.491 e. The summed E-state index contributed by atoms with van der Waals surface area (Å²) in [6, 6.07) is 19.0. The van der Waals surface area contributed by atoms with Crippen LogP contribution in [0.2, 0.25) is 0 Å². The second kappa shape index (κ2) is 17.6. The Morgan fingerprint density at radius 3 is 1.44 bits per heavy atom. The fourth-order valence-electron chi connectivity index (χ4n) is 4.62. The third kappa shape index (κ3) is 11.9. The lowest BCUT2D eigenvalue weighted by Gasteiger charge is -2.43. The SMILES string of the molecule is OC(CNCCCC1OCC2(CO1)COC(CCCNCC(O)COc1ccccc1)OC2)COc1ccccc1. The zero-order chi connectivity index (χ0) is 28.6. The number of hydrogen-bond acceptors (Lipinski definition) is 10. The summed E-state index contributed by atoms with van der Waals surface area (Å²) in [4.78, 5) is 0. The topological polar surface area (TPSA) is 120 Å². The highest BCUT2D eigenvalue weighted by molar-refractivity contribution is 5.21. The van der Waals surface area contributed by atoms with Crippen LogP contribution in [0.25, 0.3) is 0 Å². The van der Waals surface area contributed by atoms with E-state index >= 15 is 0 Å². The summed E-state index contributed by atoms with van der Waals surface area (Å²) in [5.74, 6) is 1.51. The molecule has 0 saturated carbocycles. The smallest absolute Gasteiger partial charge is 0.157 e. The lowest BCUT2D eigenvalue weighted by Crippen LogP contribution is -2.52. The molecule has 2 aliphatic rings. The maximum Gasteiger partial charge on any atom is 0.157 e. The standard InChI is InChI=1S/C31H46N2O8/c34-25(19-36-27-9-3-1-4-10-27)17-32-15-7-13-29-38-21-31(22-39-29)23-40-30(41-24-31)14-8-16-33-18-26(35)20-37-28-11-5-2-6-12-28/h1-6,9-12,25-26,29-30,32-35H,7-8,13-24H2. The zero-order valence-corrected chi connectivity index (χ0v) is 23.8. The fraction of sp³-hybridized carbons (Fsp3) is 0.613. The van der Waals surface area contributed by atoms with E-state index in [1.54, 1.807) is 0 Å². The van der Waals surface area contributed by atoms with Gasteiger partial charge in [0.2, 0.25) is 0 Å². The normalized spacial score (nSPS) is 24.1. The van der Waals surface area contributed by atoms with Crippen LogP contribution >= 0.6 is 0 Å². The number of hydrogen-bond donors (Lipinski definition) is 4. The van der Waals surface area contributed by atoms with Crippen LogP contribution in [-0.4, -0.2) is 101 Å². The molecule has 4 N–H and O–H groups in total. The van der Waals surface area contributed by atoms with Crippen LogP contribution in [0.4, 0.5) is 0 Å². The molecule has 0 aromatic heterocycles. The molecule has 2 unspecified atom stereocenters. The van der Waals surface area contributed by atoms with Crippen molar-refractivity contribution in [3.63, 3.8) is 0 Å². The number of ether oxygens (including phenoxy) is 6. The third-order valence-electron chi connectivity index (χ3n) is 7.02. The van der Waals surface area contributed by atoms with Gasteiger partial charge in [0.05, 0.1) is 31.8 Å². The van der Waals surface area contributed by atoms with E-state index in [0.29, 0.717) is 39.5 Å². The van der Waals surface area contributed by atoms with E-state index in [0.717, 1.165) is 50.3 Å². The number of nitrogens with one attached hydrogen (secondary N) is 2. The molecular weight excluding hydrogens is 528 g/mol. The average molecular weight is 575 g/mol. The lowest BCUT2D eigenvalue weighted by atomic mass is 9.90. The predicted molar refractivity (Wildman–Crippen MR) is 154 cm³/mol. The minimum absolute atomic E-state index is 0.231. The largest absolute Gasteiger partial charge is 0.491 e. The number of para-hydroxylation sites is 2. The highest BCUT2D eigenvalue weighted by atomic mass is 16.7. The van der Waals surface area contributed by atoms with Crippen LogP contribution in [0, 0.1) is 5.41 Å². The molecule has 2 aromatic rings. The van der Waals surface area contributed by atoms with Crippen LogP contribution < -0.4 is 20.1 Å². The van der Waals surface area contributed by atoms with Gasteiger partial charge in [-0.25, -0.2) is 0 Å². The summed E-state index contributed by atoms with van der Waals surface area (Å²) in [6.07, 6.45) is 1.73. The first kappa shape index (κ1) is 31.7. The maximum atomic E-state index is 10.1. The van der Waals surface area contributed by atoms with Crippen LogP contribution in [0.15, 0.2) is 60.7 Å². The molecule has 2 fully saturated rings. The van der Waals surface area contributed by atoms with E-state index in [2.05, 4.69) is 10.6 Å². The Hall–Kier alpha value is -2.28. The molecule has 2 aliphatic heterocycles. The first-order valence-corrected chi connectivity index (χ1v) is 14.7. The molecule has 0 aliphatic carbocycles. The zero-order valence-electron chi connectivity index (χ0n) is 23.8. The summed E-state index contributed by atoms with van der Waals surface area (Å²) in [7, 11) is 0.